The van der Waals surface area contributed by atoms with Gasteiger partial charge in [-0.05, 0) is 42.0 Å². The fourth-order valence-corrected chi connectivity index (χ4v) is 7.20. The average Bonchev–Trinajstić information content (AvgIpc) is 3.46. The van der Waals surface area contributed by atoms with E-state index in [-0.39, 0.29) is 22.9 Å². The second-order valence-corrected chi connectivity index (χ2v) is 10.7. The predicted molar refractivity (Wildman–Crippen MR) is 156 cm³/mol. The zero-order chi connectivity index (χ0) is 29.2. The van der Waals surface area contributed by atoms with Gasteiger partial charge in [-0.15, -0.1) is 0 Å². The number of carbonyl (C=O) groups excluding carboxylic acids is 3. The lowest BCUT2D eigenvalue weighted by molar-refractivity contribution is 0.0664. The highest BCUT2D eigenvalue weighted by atomic mass is 19.1. The Morgan fingerprint density at radius 3 is 2.14 bits per heavy atom. The molecule has 0 N–H and O–H groups in total. The zero-order valence-electron chi connectivity index (χ0n) is 22.9. The van der Waals surface area contributed by atoms with Gasteiger partial charge in [-0.1, -0.05) is 66.7 Å². The number of ketones is 3. The summed E-state index contributed by atoms with van der Waals surface area (Å²) in [6.07, 6.45) is 3.77. The molecule has 2 aliphatic heterocycles. The molecule has 1 aliphatic carbocycles. The van der Waals surface area contributed by atoms with Gasteiger partial charge in [0.15, 0.2) is 28.8 Å². The van der Waals surface area contributed by atoms with E-state index in [1.54, 1.807) is 42.5 Å². The van der Waals surface area contributed by atoms with E-state index >= 15 is 0 Å². The first-order chi connectivity index (χ1) is 20.4. The van der Waals surface area contributed by atoms with Crippen molar-refractivity contribution in [2.24, 2.45) is 5.41 Å². The molecule has 0 aromatic heterocycles. The van der Waals surface area contributed by atoms with Gasteiger partial charge >= 0.3 is 0 Å². The lowest BCUT2D eigenvalue weighted by atomic mass is 9.64. The van der Waals surface area contributed by atoms with E-state index in [1.165, 1.54) is 38.5 Å². The number of methoxy groups -OCH3 is 2. The molecule has 2 heterocycles. The van der Waals surface area contributed by atoms with Gasteiger partial charge in [0, 0.05) is 33.9 Å². The summed E-state index contributed by atoms with van der Waals surface area (Å²) in [4.78, 5) is 46.2. The minimum atomic E-state index is -1.69. The first-order valence-electron chi connectivity index (χ1n) is 13.7. The second kappa shape index (κ2) is 9.52. The number of ether oxygens (including phenoxy) is 2. The van der Waals surface area contributed by atoms with Crippen LogP contribution in [-0.4, -0.2) is 43.7 Å². The predicted octanol–water partition coefficient (Wildman–Crippen LogP) is 6.16. The summed E-state index contributed by atoms with van der Waals surface area (Å²) in [5.74, 6) is -1.72. The monoisotopic (exact) mass is 559 g/mol. The van der Waals surface area contributed by atoms with E-state index in [4.69, 9.17) is 9.47 Å². The first-order valence-corrected chi connectivity index (χ1v) is 13.7. The Hall–Kier alpha value is -5.04. The Morgan fingerprint density at radius 2 is 1.48 bits per heavy atom. The summed E-state index contributed by atoms with van der Waals surface area (Å²) < 4.78 is 25.4. The third-order valence-corrected chi connectivity index (χ3v) is 8.88. The summed E-state index contributed by atoms with van der Waals surface area (Å²) >= 11 is 0. The van der Waals surface area contributed by atoms with Crippen LogP contribution in [0.2, 0.25) is 0 Å². The van der Waals surface area contributed by atoms with Crippen LogP contribution < -0.4 is 14.4 Å². The number of fused-ring (bicyclic) bond motifs is 5. The summed E-state index contributed by atoms with van der Waals surface area (Å²) in [6.45, 7) is 0. The van der Waals surface area contributed by atoms with Gasteiger partial charge in [-0.25, -0.2) is 4.39 Å². The summed E-state index contributed by atoms with van der Waals surface area (Å²) in [7, 11) is 3.01. The topological polar surface area (TPSA) is 72.9 Å². The van der Waals surface area contributed by atoms with Crippen molar-refractivity contribution in [3.05, 3.63) is 131 Å². The van der Waals surface area contributed by atoms with Crippen molar-refractivity contribution in [1.82, 2.24) is 0 Å². The third kappa shape index (κ3) is 3.33. The number of carbonyl (C=O) groups is 3. The van der Waals surface area contributed by atoms with Gasteiger partial charge in [-0.3, -0.25) is 14.4 Å². The van der Waals surface area contributed by atoms with E-state index in [0.29, 0.717) is 28.2 Å². The molecule has 0 bridgehead atoms. The Kier molecular flexibility index (Phi) is 5.87. The van der Waals surface area contributed by atoms with Crippen LogP contribution in [0, 0.1) is 11.2 Å². The maximum Gasteiger partial charge on any atom is 0.185 e. The quantitative estimate of drug-likeness (QED) is 0.216. The molecule has 3 atom stereocenters. The summed E-state index contributed by atoms with van der Waals surface area (Å²) in [6, 6.07) is 23.3. The Balaban J connectivity index is 1.58. The number of benzene rings is 4. The van der Waals surface area contributed by atoms with Crippen molar-refractivity contribution >= 4 is 29.1 Å². The largest absolute Gasteiger partial charge is 0.493 e. The number of nitrogens with zero attached hydrogens (tertiary/aromatic N) is 1. The molecule has 0 unspecified atom stereocenters. The molecule has 3 aliphatic rings. The maximum absolute atomic E-state index is 14.8. The van der Waals surface area contributed by atoms with Crippen LogP contribution in [-0.2, 0) is 0 Å². The SMILES string of the molecule is COc1cccc([C@@H]2[C@@H](C(=O)c3ccc(F)cc3)N3c4ccccc4C=C[C@@H]3C23C(=O)c2ccccc2C3=O)c1OC. The van der Waals surface area contributed by atoms with E-state index in [2.05, 4.69) is 0 Å². The van der Waals surface area contributed by atoms with Gasteiger partial charge < -0.3 is 14.4 Å². The fourth-order valence-electron chi connectivity index (χ4n) is 7.20. The Morgan fingerprint density at radius 1 is 0.810 bits per heavy atom. The van der Waals surface area contributed by atoms with E-state index < -0.39 is 29.2 Å². The molecule has 1 saturated heterocycles. The van der Waals surface area contributed by atoms with Crippen LogP contribution in [0.4, 0.5) is 10.1 Å². The molecular weight excluding hydrogens is 533 g/mol. The van der Waals surface area contributed by atoms with Crippen molar-refractivity contribution < 1.29 is 28.2 Å². The Labute approximate surface area is 242 Å². The maximum atomic E-state index is 14.8. The van der Waals surface area contributed by atoms with Crippen molar-refractivity contribution in [3.63, 3.8) is 0 Å². The van der Waals surface area contributed by atoms with E-state index in [9.17, 15) is 18.8 Å². The first kappa shape index (κ1) is 25.9. The van der Waals surface area contributed by atoms with Gasteiger partial charge in [0.05, 0.1) is 20.3 Å². The number of hydrogen-bond donors (Lipinski definition) is 0. The molecule has 1 fully saturated rings. The molecule has 0 saturated carbocycles. The molecule has 7 heteroatoms. The standard InChI is InChI=1S/C35H26FNO5/c1-41-27-13-7-11-25(32(27)42-2)29-30(31(38)21-14-17-22(36)18-15-21)37-26-12-6-3-8-20(26)16-19-28(37)35(29)33(39)23-9-4-5-10-24(23)34(35)40/h3-19,28-30H,1-2H3/t28-,29-,30+/m1/s1. The van der Waals surface area contributed by atoms with Crippen LogP contribution in [0.5, 0.6) is 11.5 Å². The van der Waals surface area contributed by atoms with Crippen molar-refractivity contribution in [3.8, 4) is 11.5 Å². The fraction of sp³-hybridized carbons (Fsp3) is 0.171. The number of rotatable bonds is 5. The van der Waals surface area contributed by atoms with E-state index in [0.717, 1.165) is 11.3 Å². The number of anilines is 1. The van der Waals surface area contributed by atoms with Gasteiger partial charge in [0.25, 0.3) is 0 Å². The van der Waals surface area contributed by atoms with Crippen molar-refractivity contribution in [2.75, 3.05) is 19.1 Å². The number of hydrogen-bond acceptors (Lipinski definition) is 6. The number of halogens is 1. The molecule has 4 aromatic rings. The average molecular weight is 560 g/mol. The highest BCUT2D eigenvalue weighted by Gasteiger charge is 2.72. The minimum Gasteiger partial charge on any atom is -0.493 e. The minimum absolute atomic E-state index is 0.270. The number of para-hydroxylation sites is 2. The smallest absolute Gasteiger partial charge is 0.185 e. The van der Waals surface area contributed by atoms with Crippen LogP contribution in [0.1, 0.15) is 48.1 Å². The third-order valence-electron chi connectivity index (χ3n) is 8.88. The molecular formula is C35H26FNO5. The zero-order valence-corrected chi connectivity index (χ0v) is 22.9. The lowest BCUT2D eigenvalue weighted by Gasteiger charge is -2.37. The summed E-state index contributed by atoms with van der Waals surface area (Å²) in [5, 5.41) is 0. The lowest BCUT2D eigenvalue weighted by Crippen LogP contribution is -2.48. The number of Topliss-reactive ketones (excluding diaryl/α,β-unsaturated/α-hetero) is 3. The van der Waals surface area contributed by atoms with Crippen LogP contribution in [0.25, 0.3) is 6.08 Å². The molecule has 6 nitrogen and oxygen atoms in total. The molecule has 0 radical (unpaired) electrons. The van der Waals surface area contributed by atoms with Gasteiger partial charge in [0.1, 0.15) is 17.3 Å². The molecule has 1 spiro atoms. The van der Waals surface area contributed by atoms with E-state index in [1.807, 2.05) is 41.3 Å². The highest BCUT2D eigenvalue weighted by molar-refractivity contribution is 6.32. The van der Waals surface area contributed by atoms with Crippen molar-refractivity contribution in [2.45, 2.75) is 18.0 Å². The molecule has 4 aromatic carbocycles. The molecule has 42 heavy (non-hydrogen) atoms. The molecule has 7 rings (SSSR count). The Bertz CT molecular complexity index is 1780. The normalized spacial score (nSPS) is 21.2. The molecule has 0 amide bonds. The van der Waals surface area contributed by atoms with Crippen molar-refractivity contribution in [1.29, 1.82) is 0 Å². The van der Waals surface area contributed by atoms with Crippen LogP contribution >= 0.6 is 0 Å². The second-order valence-electron chi connectivity index (χ2n) is 10.7. The van der Waals surface area contributed by atoms with Gasteiger partial charge in [0.2, 0.25) is 0 Å². The summed E-state index contributed by atoms with van der Waals surface area (Å²) in [5.41, 5.74) is 1.33. The highest BCUT2D eigenvalue weighted by Crippen LogP contribution is 2.62. The van der Waals surface area contributed by atoms with Gasteiger partial charge in [-0.2, -0.15) is 0 Å². The van der Waals surface area contributed by atoms with Crippen LogP contribution in [0.15, 0.2) is 97.1 Å². The molecule has 208 valence electrons. The van der Waals surface area contributed by atoms with Crippen LogP contribution in [0.3, 0.4) is 0 Å².